The molecule has 2 aromatic carbocycles. The smallest absolute Gasteiger partial charge is 0.222 e. The van der Waals surface area contributed by atoms with Crippen LogP contribution in [0, 0.1) is 0 Å². The van der Waals surface area contributed by atoms with Crippen LogP contribution in [0.2, 0.25) is 0 Å². The highest BCUT2D eigenvalue weighted by molar-refractivity contribution is 7.99. The van der Waals surface area contributed by atoms with Gasteiger partial charge in [-0.3, -0.25) is 0 Å². The first-order chi connectivity index (χ1) is 12.2. The molecule has 3 rings (SSSR count). The lowest BCUT2D eigenvalue weighted by molar-refractivity contribution is 0.667. The molecule has 0 fully saturated rings. The van der Waals surface area contributed by atoms with Crippen molar-refractivity contribution in [3.05, 3.63) is 48.0 Å². The maximum absolute atomic E-state index is 6.07. The Balaban J connectivity index is 1.75. The van der Waals surface area contributed by atoms with E-state index in [4.69, 9.17) is 11.5 Å². The molecule has 1 aromatic heterocycles. The lowest BCUT2D eigenvalue weighted by atomic mass is 10.1. The number of nitrogen functional groups attached to an aromatic ring is 2. The van der Waals surface area contributed by atoms with Gasteiger partial charge in [-0.2, -0.15) is 4.98 Å². The van der Waals surface area contributed by atoms with Crippen molar-refractivity contribution in [1.82, 2.24) is 9.97 Å². The molecule has 0 aliphatic heterocycles. The van der Waals surface area contributed by atoms with E-state index in [9.17, 15) is 0 Å². The summed E-state index contributed by atoms with van der Waals surface area (Å²) in [5, 5.41) is 0.866. The summed E-state index contributed by atoms with van der Waals surface area (Å²) in [6, 6.07) is 14.7. The summed E-state index contributed by atoms with van der Waals surface area (Å²) < 4.78 is 0. The van der Waals surface area contributed by atoms with Crippen molar-refractivity contribution in [1.29, 1.82) is 0 Å². The van der Waals surface area contributed by atoms with Crippen LogP contribution < -0.4 is 11.5 Å². The first-order valence-electron chi connectivity index (χ1n) is 8.76. The molecule has 4 N–H and O–H groups in total. The van der Waals surface area contributed by atoms with Gasteiger partial charge >= 0.3 is 0 Å². The fraction of sp³-hybridized carbons (Fsp3) is 0.300. The largest absolute Gasteiger partial charge is 0.383 e. The molecule has 0 radical (unpaired) electrons. The minimum absolute atomic E-state index is 0.208. The van der Waals surface area contributed by atoms with Crippen molar-refractivity contribution in [2.24, 2.45) is 0 Å². The maximum atomic E-state index is 6.07. The fourth-order valence-corrected chi connectivity index (χ4v) is 3.87. The summed E-state index contributed by atoms with van der Waals surface area (Å²) in [4.78, 5) is 10.6. The first-order valence-corrected chi connectivity index (χ1v) is 9.57. The first kappa shape index (κ1) is 17.5. The zero-order valence-corrected chi connectivity index (χ0v) is 15.4. The van der Waals surface area contributed by atoms with E-state index >= 15 is 0 Å². The van der Waals surface area contributed by atoms with Crippen LogP contribution >= 0.6 is 11.8 Å². The van der Waals surface area contributed by atoms with E-state index in [-0.39, 0.29) is 5.95 Å². The average molecular weight is 353 g/mol. The van der Waals surface area contributed by atoms with Crippen LogP contribution in [0.15, 0.2) is 52.3 Å². The van der Waals surface area contributed by atoms with E-state index in [1.807, 2.05) is 18.2 Å². The van der Waals surface area contributed by atoms with Gasteiger partial charge in [-0.25, -0.2) is 4.98 Å². The molecule has 0 amide bonds. The van der Waals surface area contributed by atoms with Gasteiger partial charge in [-0.1, -0.05) is 56.1 Å². The average Bonchev–Trinajstić information content (AvgIpc) is 2.60. The number of nitrogens with two attached hydrogens (primary N) is 2. The van der Waals surface area contributed by atoms with Gasteiger partial charge in [0.05, 0.1) is 10.9 Å². The summed E-state index contributed by atoms with van der Waals surface area (Å²) in [6.45, 7) is 2.24. The fourth-order valence-electron chi connectivity index (χ4n) is 2.89. The summed E-state index contributed by atoms with van der Waals surface area (Å²) in [6.07, 6.45) is 6.33. The van der Waals surface area contributed by atoms with Gasteiger partial charge in [0.25, 0.3) is 0 Å². The molecular formula is C20H24N4S. The Morgan fingerprint density at radius 1 is 0.920 bits per heavy atom. The molecular weight excluding hydrogens is 328 g/mol. The van der Waals surface area contributed by atoms with Crippen LogP contribution in [-0.4, -0.2) is 9.97 Å². The van der Waals surface area contributed by atoms with Crippen LogP contribution in [0.5, 0.6) is 0 Å². The van der Waals surface area contributed by atoms with Gasteiger partial charge in [0.2, 0.25) is 5.95 Å². The summed E-state index contributed by atoms with van der Waals surface area (Å²) in [5.41, 5.74) is 13.9. The monoisotopic (exact) mass is 352 g/mol. The predicted octanol–water partition coefficient (Wildman–Crippen LogP) is 5.07. The van der Waals surface area contributed by atoms with E-state index in [1.165, 1.54) is 36.1 Å². The zero-order valence-electron chi connectivity index (χ0n) is 14.5. The zero-order chi connectivity index (χ0) is 17.6. The van der Waals surface area contributed by atoms with Gasteiger partial charge < -0.3 is 11.5 Å². The molecule has 0 saturated heterocycles. The van der Waals surface area contributed by atoms with E-state index in [1.54, 1.807) is 11.8 Å². The molecule has 130 valence electrons. The minimum Gasteiger partial charge on any atom is -0.383 e. The highest BCUT2D eigenvalue weighted by atomic mass is 32.2. The van der Waals surface area contributed by atoms with E-state index in [0.717, 1.165) is 22.2 Å². The Morgan fingerprint density at radius 3 is 2.48 bits per heavy atom. The normalized spacial score (nSPS) is 11.1. The second-order valence-corrected chi connectivity index (χ2v) is 7.29. The number of hydrogen-bond acceptors (Lipinski definition) is 5. The van der Waals surface area contributed by atoms with Crippen LogP contribution in [0.3, 0.4) is 0 Å². The third kappa shape index (κ3) is 4.42. The molecule has 3 aromatic rings. The topological polar surface area (TPSA) is 77.8 Å². The molecule has 1 heterocycles. The molecule has 0 saturated carbocycles. The molecule has 5 heteroatoms. The number of fused-ring (bicyclic) bond motifs is 1. The van der Waals surface area contributed by atoms with Gasteiger partial charge in [-0.15, -0.1) is 0 Å². The molecule has 0 aliphatic carbocycles. The molecule has 4 nitrogen and oxygen atoms in total. The Labute approximate surface area is 153 Å². The van der Waals surface area contributed by atoms with Crippen molar-refractivity contribution in [3.63, 3.8) is 0 Å². The van der Waals surface area contributed by atoms with Crippen molar-refractivity contribution in [2.75, 3.05) is 11.5 Å². The minimum atomic E-state index is 0.208. The Morgan fingerprint density at radius 2 is 1.72 bits per heavy atom. The molecule has 0 atom stereocenters. The predicted molar refractivity (Wildman–Crippen MR) is 107 cm³/mol. The summed E-state index contributed by atoms with van der Waals surface area (Å²) in [5.74, 6) is 0.637. The lowest BCUT2D eigenvalue weighted by Gasteiger charge is -2.09. The second-order valence-electron chi connectivity index (χ2n) is 6.17. The van der Waals surface area contributed by atoms with Crippen molar-refractivity contribution < 1.29 is 0 Å². The van der Waals surface area contributed by atoms with Crippen molar-refractivity contribution >= 4 is 34.4 Å². The van der Waals surface area contributed by atoms with Crippen molar-refractivity contribution in [3.8, 4) is 0 Å². The van der Waals surface area contributed by atoms with Crippen LogP contribution in [-0.2, 0) is 6.42 Å². The van der Waals surface area contributed by atoms with Gasteiger partial charge in [0, 0.05) is 9.79 Å². The third-order valence-electron chi connectivity index (χ3n) is 4.20. The van der Waals surface area contributed by atoms with Crippen LogP contribution in [0.1, 0.15) is 38.2 Å². The Bertz CT molecular complexity index is 846. The van der Waals surface area contributed by atoms with Crippen molar-refractivity contribution in [2.45, 2.75) is 48.8 Å². The van der Waals surface area contributed by atoms with Gasteiger partial charge in [-0.05, 0) is 42.7 Å². The highest BCUT2D eigenvalue weighted by Gasteiger charge is 2.09. The lowest BCUT2D eigenvalue weighted by Crippen LogP contribution is -2.01. The number of hydrogen-bond donors (Lipinski definition) is 2. The van der Waals surface area contributed by atoms with Crippen LogP contribution in [0.4, 0.5) is 11.8 Å². The molecule has 0 spiro atoms. The molecule has 0 unspecified atom stereocenters. The number of nitrogens with zero attached hydrogens (tertiary/aromatic N) is 2. The molecule has 25 heavy (non-hydrogen) atoms. The van der Waals surface area contributed by atoms with Crippen LogP contribution in [0.25, 0.3) is 10.9 Å². The third-order valence-corrected chi connectivity index (χ3v) is 5.27. The quantitative estimate of drug-likeness (QED) is 0.581. The van der Waals surface area contributed by atoms with Gasteiger partial charge in [0.1, 0.15) is 5.82 Å². The number of rotatable bonds is 7. The number of anilines is 2. The van der Waals surface area contributed by atoms with E-state index in [0.29, 0.717) is 5.82 Å². The molecule has 0 bridgehead atoms. The SMILES string of the molecule is CCCCCCc1ccc(Sc2cccc3nc(N)nc(N)c23)cc1. The number of unbranched alkanes of at least 4 members (excludes halogenated alkanes) is 3. The summed E-state index contributed by atoms with van der Waals surface area (Å²) >= 11 is 1.68. The summed E-state index contributed by atoms with van der Waals surface area (Å²) in [7, 11) is 0. The second kappa shape index (κ2) is 8.21. The number of aromatic nitrogens is 2. The van der Waals surface area contributed by atoms with Gasteiger partial charge in [0.15, 0.2) is 0 Å². The molecule has 0 aliphatic rings. The van der Waals surface area contributed by atoms with E-state index < -0.39 is 0 Å². The standard InChI is InChI=1S/C20H24N4S/c1-2-3-4-5-7-14-10-12-15(13-11-14)25-17-9-6-8-16-18(17)19(21)24-20(22)23-16/h6,8-13H,2-5,7H2,1H3,(H4,21,22,23,24). The number of aryl methyl sites for hydroxylation is 1. The Kier molecular flexibility index (Phi) is 5.76. The maximum Gasteiger partial charge on any atom is 0.222 e. The Hall–Kier alpha value is -2.27. The highest BCUT2D eigenvalue weighted by Crippen LogP contribution is 2.35. The number of benzene rings is 2. The van der Waals surface area contributed by atoms with E-state index in [2.05, 4.69) is 41.2 Å².